The van der Waals surface area contributed by atoms with E-state index in [9.17, 15) is 18.3 Å². The highest BCUT2D eigenvalue weighted by molar-refractivity contribution is 4.87. The Kier molecular flexibility index (Phi) is 4.18. The van der Waals surface area contributed by atoms with Gasteiger partial charge in [-0.1, -0.05) is 0 Å². The van der Waals surface area contributed by atoms with E-state index >= 15 is 0 Å². The number of β-amino-alcohol motifs (C(OH)–C–C–N with tert-alkyl or cyclic N) is 1. The quantitative estimate of drug-likeness (QED) is 0.828. The maximum atomic E-state index is 12.5. The number of likely N-dealkylation sites (tertiary alicyclic amines) is 1. The molecule has 0 saturated carbocycles. The summed E-state index contributed by atoms with van der Waals surface area (Å²) in [7, 11) is 0. The van der Waals surface area contributed by atoms with Crippen LogP contribution in [0, 0.1) is 5.92 Å². The van der Waals surface area contributed by atoms with Gasteiger partial charge in [0.05, 0.1) is 11.5 Å². The van der Waals surface area contributed by atoms with Crippen molar-refractivity contribution >= 4 is 0 Å². The zero-order chi connectivity index (χ0) is 13.2. The molecule has 2 aliphatic rings. The summed E-state index contributed by atoms with van der Waals surface area (Å²) in [4.78, 5) is 1.95. The first kappa shape index (κ1) is 14.1. The van der Waals surface area contributed by atoms with Crippen LogP contribution < -0.4 is 0 Å². The molecule has 2 heterocycles. The van der Waals surface area contributed by atoms with Crippen LogP contribution in [-0.2, 0) is 4.74 Å². The molecule has 3 nitrogen and oxygen atoms in total. The Bertz CT molecular complexity index is 269. The molecule has 0 aromatic rings. The maximum Gasteiger partial charge on any atom is 0.391 e. The molecule has 2 rings (SSSR count). The topological polar surface area (TPSA) is 32.7 Å². The molecule has 0 aromatic carbocycles. The monoisotopic (exact) mass is 267 g/mol. The number of nitrogens with zero attached hydrogens (tertiary/aromatic N) is 1. The van der Waals surface area contributed by atoms with Gasteiger partial charge in [0, 0.05) is 32.6 Å². The highest BCUT2D eigenvalue weighted by Gasteiger charge is 2.42. The molecule has 0 amide bonds. The molecule has 2 aliphatic heterocycles. The third-order valence-electron chi connectivity index (χ3n) is 3.99. The van der Waals surface area contributed by atoms with Crippen molar-refractivity contribution in [3.05, 3.63) is 0 Å². The second-order valence-corrected chi connectivity index (χ2v) is 5.43. The number of alkyl halides is 3. The van der Waals surface area contributed by atoms with Gasteiger partial charge in [0.25, 0.3) is 0 Å². The third-order valence-corrected chi connectivity index (χ3v) is 3.99. The number of hydrogen-bond donors (Lipinski definition) is 1. The van der Waals surface area contributed by atoms with Gasteiger partial charge in [-0.25, -0.2) is 0 Å². The molecule has 0 aliphatic carbocycles. The summed E-state index contributed by atoms with van der Waals surface area (Å²) in [6.45, 7) is 2.40. The molecule has 0 spiro atoms. The first-order chi connectivity index (χ1) is 8.39. The van der Waals surface area contributed by atoms with E-state index in [1.807, 2.05) is 4.90 Å². The first-order valence-electron chi connectivity index (χ1n) is 6.48. The fourth-order valence-electron chi connectivity index (χ4n) is 2.74. The molecule has 1 N–H and O–H groups in total. The molecule has 0 aromatic heterocycles. The van der Waals surface area contributed by atoms with Crippen molar-refractivity contribution in [2.75, 3.05) is 32.8 Å². The number of piperidine rings is 1. The number of rotatable bonds is 2. The van der Waals surface area contributed by atoms with E-state index in [1.54, 1.807) is 0 Å². The Morgan fingerprint density at radius 1 is 1.17 bits per heavy atom. The van der Waals surface area contributed by atoms with Crippen molar-refractivity contribution in [3.8, 4) is 0 Å². The number of hydrogen-bond acceptors (Lipinski definition) is 3. The highest BCUT2D eigenvalue weighted by Crippen LogP contribution is 2.34. The van der Waals surface area contributed by atoms with Gasteiger partial charge < -0.3 is 14.7 Å². The van der Waals surface area contributed by atoms with Crippen LogP contribution in [0.15, 0.2) is 0 Å². The van der Waals surface area contributed by atoms with Crippen molar-refractivity contribution in [3.63, 3.8) is 0 Å². The second kappa shape index (κ2) is 5.35. The number of halogens is 3. The average Bonchev–Trinajstić information content (AvgIpc) is 2.29. The van der Waals surface area contributed by atoms with Gasteiger partial charge in [-0.05, 0) is 25.9 Å². The molecule has 2 saturated heterocycles. The number of aliphatic hydroxyl groups is 1. The average molecular weight is 267 g/mol. The molecule has 0 bridgehead atoms. The van der Waals surface area contributed by atoms with Gasteiger partial charge in [0.1, 0.15) is 0 Å². The maximum absolute atomic E-state index is 12.5. The Balaban J connectivity index is 1.79. The van der Waals surface area contributed by atoms with Crippen molar-refractivity contribution in [2.45, 2.75) is 37.5 Å². The minimum Gasteiger partial charge on any atom is -0.388 e. The first-order valence-corrected chi connectivity index (χ1v) is 6.48. The van der Waals surface area contributed by atoms with Gasteiger partial charge in [-0.3, -0.25) is 0 Å². The summed E-state index contributed by atoms with van der Waals surface area (Å²) >= 11 is 0. The summed E-state index contributed by atoms with van der Waals surface area (Å²) in [5, 5.41) is 10.3. The van der Waals surface area contributed by atoms with E-state index in [2.05, 4.69) is 0 Å². The summed E-state index contributed by atoms with van der Waals surface area (Å²) in [5.41, 5.74) is -0.774. The molecule has 18 heavy (non-hydrogen) atoms. The van der Waals surface area contributed by atoms with Crippen LogP contribution in [0.4, 0.5) is 13.2 Å². The Morgan fingerprint density at radius 3 is 2.22 bits per heavy atom. The summed E-state index contributed by atoms with van der Waals surface area (Å²) in [6.07, 6.45) is -2.62. The van der Waals surface area contributed by atoms with Crippen LogP contribution in [0.2, 0.25) is 0 Å². The predicted octanol–water partition coefficient (Wildman–Crippen LogP) is 1.80. The lowest BCUT2D eigenvalue weighted by Gasteiger charge is -2.40. The van der Waals surface area contributed by atoms with Crippen molar-refractivity contribution < 1.29 is 23.0 Å². The Labute approximate surface area is 105 Å². The predicted molar refractivity (Wildman–Crippen MR) is 60.2 cm³/mol. The normalized spacial score (nSPS) is 27.3. The minimum absolute atomic E-state index is 0.149. The van der Waals surface area contributed by atoms with Crippen LogP contribution in [0.25, 0.3) is 0 Å². The number of ether oxygens (including phenoxy) is 1. The summed E-state index contributed by atoms with van der Waals surface area (Å²) < 4.78 is 42.7. The fraction of sp³-hybridized carbons (Fsp3) is 1.00. The van der Waals surface area contributed by atoms with E-state index in [1.165, 1.54) is 0 Å². The van der Waals surface area contributed by atoms with E-state index in [4.69, 9.17) is 4.74 Å². The van der Waals surface area contributed by atoms with Crippen molar-refractivity contribution in [2.24, 2.45) is 5.92 Å². The largest absolute Gasteiger partial charge is 0.391 e. The smallest absolute Gasteiger partial charge is 0.388 e. The molecule has 2 fully saturated rings. The minimum atomic E-state index is -4.07. The van der Waals surface area contributed by atoms with Crippen LogP contribution in [0.3, 0.4) is 0 Å². The highest BCUT2D eigenvalue weighted by atomic mass is 19.4. The third kappa shape index (κ3) is 3.59. The zero-order valence-electron chi connectivity index (χ0n) is 10.4. The van der Waals surface area contributed by atoms with Crippen LogP contribution in [0.1, 0.15) is 25.7 Å². The van der Waals surface area contributed by atoms with Gasteiger partial charge in [0.15, 0.2) is 0 Å². The SMILES string of the molecule is OC1(CN2CCC(C(F)(F)F)CC2)CCOCC1. The van der Waals surface area contributed by atoms with Gasteiger partial charge in [-0.15, -0.1) is 0 Å². The van der Waals surface area contributed by atoms with Crippen molar-refractivity contribution in [1.82, 2.24) is 4.90 Å². The van der Waals surface area contributed by atoms with Crippen molar-refractivity contribution in [1.29, 1.82) is 0 Å². The molecule has 6 heteroatoms. The van der Waals surface area contributed by atoms with Crippen LogP contribution >= 0.6 is 0 Å². The summed E-state index contributed by atoms with van der Waals surface area (Å²) in [5.74, 6) is -1.17. The lowest BCUT2D eigenvalue weighted by Crippen LogP contribution is -2.49. The van der Waals surface area contributed by atoms with E-state index < -0.39 is 17.7 Å². The lowest BCUT2D eigenvalue weighted by molar-refractivity contribution is -0.186. The molecule has 106 valence electrons. The molecule has 0 atom stereocenters. The van der Waals surface area contributed by atoms with Crippen LogP contribution in [0.5, 0.6) is 0 Å². The van der Waals surface area contributed by atoms with E-state index in [-0.39, 0.29) is 12.8 Å². The Morgan fingerprint density at radius 2 is 1.72 bits per heavy atom. The van der Waals surface area contributed by atoms with Gasteiger partial charge >= 0.3 is 6.18 Å². The molecular weight excluding hydrogens is 247 g/mol. The van der Waals surface area contributed by atoms with Gasteiger partial charge in [-0.2, -0.15) is 13.2 Å². The zero-order valence-corrected chi connectivity index (χ0v) is 10.4. The summed E-state index contributed by atoms with van der Waals surface area (Å²) in [6, 6.07) is 0. The van der Waals surface area contributed by atoms with E-state index in [0.29, 0.717) is 45.7 Å². The van der Waals surface area contributed by atoms with Gasteiger partial charge in [0.2, 0.25) is 0 Å². The molecular formula is C12H20F3NO2. The fourth-order valence-corrected chi connectivity index (χ4v) is 2.74. The molecule has 0 radical (unpaired) electrons. The Hall–Kier alpha value is -0.330. The standard InChI is InChI=1S/C12H20F3NO2/c13-12(14,15)10-1-5-16(6-2-10)9-11(17)3-7-18-8-4-11/h10,17H,1-9H2. The van der Waals surface area contributed by atoms with Crippen LogP contribution in [-0.4, -0.2) is 54.6 Å². The second-order valence-electron chi connectivity index (χ2n) is 5.43. The van der Waals surface area contributed by atoms with E-state index in [0.717, 1.165) is 0 Å². The lowest BCUT2D eigenvalue weighted by atomic mass is 9.91. The molecule has 0 unspecified atom stereocenters.